The quantitative estimate of drug-likeness (QED) is 0.842. The molecule has 0 amide bonds. The fraction of sp³-hybridized carbons (Fsp3) is 0.294. The highest BCUT2D eigenvalue weighted by atomic mass is 35.5. The average molecular weight is 331 g/mol. The van der Waals surface area contributed by atoms with Gasteiger partial charge in [-0.1, -0.05) is 42.8 Å². The number of halogens is 1. The lowest BCUT2D eigenvalue weighted by molar-refractivity contribution is 0.502. The first-order valence-electron chi connectivity index (χ1n) is 7.69. The van der Waals surface area contributed by atoms with Crippen molar-refractivity contribution in [2.45, 2.75) is 26.2 Å². The van der Waals surface area contributed by atoms with E-state index in [0.717, 1.165) is 30.9 Å². The zero-order valence-corrected chi connectivity index (χ0v) is 13.7. The number of nitrogens with one attached hydrogen (secondary N) is 2. The van der Waals surface area contributed by atoms with E-state index in [1.54, 1.807) is 6.20 Å². The number of nitrogens with zero attached hydrogens (tertiary/aromatic N) is 2. The van der Waals surface area contributed by atoms with Gasteiger partial charge in [0.25, 0.3) is 5.56 Å². The minimum atomic E-state index is -0.351. The van der Waals surface area contributed by atoms with E-state index < -0.39 is 0 Å². The first-order valence-corrected chi connectivity index (χ1v) is 8.07. The molecule has 0 spiro atoms. The zero-order valence-electron chi connectivity index (χ0n) is 12.9. The second kappa shape index (κ2) is 6.87. The predicted octanol–water partition coefficient (Wildman–Crippen LogP) is 3.51. The van der Waals surface area contributed by atoms with Crippen LogP contribution in [0.25, 0.3) is 5.69 Å². The molecule has 120 valence electrons. The van der Waals surface area contributed by atoms with Crippen LogP contribution in [0.5, 0.6) is 0 Å². The number of benzene rings is 1. The van der Waals surface area contributed by atoms with E-state index in [-0.39, 0.29) is 10.6 Å². The topological polar surface area (TPSA) is 59.0 Å². The van der Waals surface area contributed by atoms with E-state index in [9.17, 15) is 4.79 Å². The van der Waals surface area contributed by atoms with Crippen molar-refractivity contribution in [3.63, 3.8) is 0 Å². The second-order valence-electron chi connectivity index (χ2n) is 5.78. The molecule has 6 heteroatoms. The Bertz CT molecular complexity index is 770. The molecule has 0 fully saturated rings. The molecule has 3 rings (SSSR count). The standard InChI is InChI=1S/C17H19ClN4O/c1-12-7-9-13(10-8-12)20-21-15-11-19-22(17(23)16(15)18)14-5-3-2-4-6-14/h2-6,9,11-12,20-21H,7-8,10H2,1H3. The van der Waals surface area contributed by atoms with Gasteiger partial charge in [0.1, 0.15) is 5.02 Å². The first-order chi connectivity index (χ1) is 11.1. The molecule has 1 aromatic carbocycles. The van der Waals surface area contributed by atoms with E-state index in [1.807, 2.05) is 30.3 Å². The van der Waals surface area contributed by atoms with Crippen LogP contribution in [-0.2, 0) is 0 Å². The molecule has 23 heavy (non-hydrogen) atoms. The molecule has 0 saturated carbocycles. The van der Waals surface area contributed by atoms with E-state index in [4.69, 9.17) is 11.6 Å². The maximum atomic E-state index is 12.4. The van der Waals surface area contributed by atoms with Gasteiger partial charge in [0.2, 0.25) is 0 Å². The van der Waals surface area contributed by atoms with Gasteiger partial charge in [-0.25, -0.2) is 0 Å². The summed E-state index contributed by atoms with van der Waals surface area (Å²) in [5.74, 6) is 0.723. The van der Waals surface area contributed by atoms with Crippen molar-refractivity contribution >= 4 is 17.3 Å². The highest BCUT2D eigenvalue weighted by molar-refractivity contribution is 6.32. The molecule has 5 nitrogen and oxygen atoms in total. The first kappa shape index (κ1) is 15.6. The predicted molar refractivity (Wildman–Crippen MR) is 92.7 cm³/mol. The van der Waals surface area contributed by atoms with Crippen LogP contribution in [-0.4, -0.2) is 9.78 Å². The van der Waals surface area contributed by atoms with Crippen molar-refractivity contribution in [1.29, 1.82) is 0 Å². The van der Waals surface area contributed by atoms with Crippen molar-refractivity contribution in [3.8, 4) is 5.69 Å². The van der Waals surface area contributed by atoms with Crippen molar-refractivity contribution in [3.05, 3.63) is 63.7 Å². The Labute approximate surface area is 140 Å². The highest BCUT2D eigenvalue weighted by Crippen LogP contribution is 2.22. The van der Waals surface area contributed by atoms with E-state index in [1.165, 1.54) is 4.68 Å². The molecule has 2 N–H and O–H groups in total. The summed E-state index contributed by atoms with van der Waals surface area (Å²) in [4.78, 5) is 12.4. The fourth-order valence-corrected chi connectivity index (χ4v) is 2.68. The van der Waals surface area contributed by atoms with Crippen LogP contribution in [0.15, 0.2) is 53.1 Å². The SMILES string of the molecule is CC1CC=C(NNc2cnn(-c3ccccc3)c(=O)c2Cl)CC1. The van der Waals surface area contributed by atoms with Gasteiger partial charge in [-0.3, -0.25) is 10.2 Å². The summed E-state index contributed by atoms with van der Waals surface area (Å²) in [6, 6.07) is 9.20. The van der Waals surface area contributed by atoms with Crippen LogP contribution in [0.2, 0.25) is 5.02 Å². The molecule has 0 aliphatic heterocycles. The molecule has 1 heterocycles. The van der Waals surface area contributed by atoms with Crippen LogP contribution in [0.1, 0.15) is 26.2 Å². The summed E-state index contributed by atoms with van der Waals surface area (Å²) in [6.07, 6.45) is 6.93. The van der Waals surface area contributed by atoms with Gasteiger partial charge in [0.05, 0.1) is 17.6 Å². The maximum absolute atomic E-state index is 12.4. The number of hydrogen-bond donors (Lipinski definition) is 2. The Morgan fingerprint density at radius 1 is 1.26 bits per heavy atom. The van der Waals surface area contributed by atoms with Crippen LogP contribution in [0.3, 0.4) is 0 Å². The second-order valence-corrected chi connectivity index (χ2v) is 6.16. The van der Waals surface area contributed by atoms with Gasteiger partial charge in [0, 0.05) is 5.70 Å². The number of anilines is 1. The molecular formula is C17H19ClN4O. The minimum absolute atomic E-state index is 0.112. The Hall–Kier alpha value is -2.27. The summed E-state index contributed by atoms with van der Waals surface area (Å²) in [7, 11) is 0. The summed E-state index contributed by atoms with van der Waals surface area (Å²) < 4.78 is 1.29. The Morgan fingerprint density at radius 2 is 2.04 bits per heavy atom. The third-order valence-corrected chi connectivity index (χ3v) is 4.32. The van der Waals surface area contributed by atoms with Crippen molar-refractivity contribution in [2.24, 2.45) is 5.92 Å². The fourth-order valence-electron chi connectivity index (χ4n) is 2.50. The Kier molecular flexibility index (Phi) is 4.67. The lowest BCUT2D eigenvalue weighted by Crippen LogP contribution is -2.27. The van der Waals surface area contributed by atoms with Gasteiger partial charge >= 0.3 is 0 Å². The molecule has 1 aromatic heterocycles. The Morgan fingerprint density at radius 3 is 2.74 bits per heavy atom. The van der Waals surface area contributed by atoms with E-state index in [0.29, 0.717) is 11.4 Å². The number of allylic oxidation sites excluding steroid dienone is 2. The molecule has 0 bridgehead atoms. The van der Waals surface area contributed by atoms with Crippen molar-refractivity contribution < 1.29 is 0 Å². The van der Waals surface area contributed by atoms with Gasteiger partial charge in [-0.05, 0) is 37.3 Å². The largest absolute Gasteiger partial charge is 0.305 e. The van der Waals surface area contributed by atoms with Crippen LogP contribution >= 0.6 is 11.6 Å². The summed E-state index contributed by atoms with van der Waals surface area (Å²) in [5.41, 5.74) is 8.04. The van der Waals surface area contributed by atoms with Gasteiger partial charge in [-0.2, -0.15) is 9.78 Å². The maximum Gasteiger partial charge on any atom is 0.292 e. The Balaban J connectivity index is 1.77. The van der Waals surface area contributed by atoms with E-state index >= 15 is 0 Å². The summed E-state index contributed by atoms with van der Waals surface area (Å²) in [6.45, 7) is 2.24. The number of para-hydroxylation sites is 1. The summed E-state index contributed by atoms with van der Waals surface area (Å²) in [5, 5.41) is 4.30. The third-order valence-electron chi connectivity index (χ3n) is 3.95. The molecule has 0 saturated heterocycles. The van der Waals surface area contributed by atoms with E-state index in [2.05, 4.69) is 29.0 Å². The molecule has 1 aliphatic rings. The molecular weight excluding hydrogens is 312 g/mol. The normalized spacial score (nSPS) is 17.5. The smallest absolute Gasteiger partial charge is 0.292 e. The molecule has 0 radical (unpaired) electrons. The highest BCUT2D eigenvalue weighted by Gasteiger charge is 2.12. The van der Waals surface area contributed by atoms with Crippen LogP contribution < -0.4 is 16.4 Å². The van der Waals surface area contributed by atoms with Crippen molar-refractivity contribution in [2.75, 3.05) is 5.43 Å². The van der Waals surface area contributed by atoms with Gasteiger partial charge in [0.15, 0.2) is 0 Å². The van der Waals surface area contributed by atoms with Gasteiger partial charge < -0.3 is 5.43 Å². The number of hydrazine groups is 1. The monoisotopic (exact) mass is 330 g/mol. The number of hydrogen-bond acceptors (Lipinski definition) is 4. The third kappa shape index (κ3) is 3.56. The molecule has 2 aromatic rings. The minimum Gasteiger partial charge on any atom is -0.305 e. The van der Waals surface area contributed by atoms with Crippen molar-refractivity contribution in [1.82, 2.24) is 15.2 Å². The lowest BCUT2D eigenvalue weighted by atomic mass is 9.95. The number of aromatic nitrogens is 2. The number of rotatable bonds is 4. The van der Waals surface area contributed by atoms with Gasteiger partial charge in [-0.15, -0.1) is 0 Å². The molecule has 1 atom stereocenters. The zero-order chi connectivity index (χ0) is 16.2. The van der Waals surface area contributed by atoms with Crippen LogP contribution in [0, 0.1) is 5.92 Å². The van der Waals surface area contributed by atoms with Crippen LogP contribution in [0.4, 0.5) is 5.69 Å². The summed E-state index contributed by atoms with van der Waals surface area (Å²) >= 11 is 6.19. The molecule has 1 unspecified atom stereocenters. The lowest BCUT2D eigenvalue weighted by Gasteiger charge is -2.20. The molecule has 1 aliphatic carbocycles. The average Bonchev–Trinajstić information content (AvgIpc) is 2.58.